The monoisotopic (exact) mass is 214 g/mol. The van der Waals surface area contributed by atoms with Crippen molar-refractivity contribution < 1.29 is 13.9 Å². The molecule has 0 saturated carbocycles. The summed E-state index contributed by atoms with van der Waals surface area (Å²) in [6, 6.07) is 3.28. The zero-order valence-corrected chi connectivity index (χ0v) is 9.00. The standard InChI is InChI=1S/C12H16F2O/c1-3-4-8(2)12(15)10-6-5-9(13)7-11(10)14/h5-8,12,15H,3-4H2,1-2H3. The van der Waals surface area contributed by atoms with Crippen molar-refractivity contribution >= 4 is 0 Å². The Morgan fingerprint density at radius 1 is 1.33 bits per heavy atom. The molecule has 1 aromatic rings. The molecule has 1 nitrogen and oxygen atoms in total. The van der Waals surface area contributed by atoms with Crippen molar-refractivity contribution in [2.24, 2.45) is 5.92 Å². The van der Waals surface area contributed by atoms with Gasteiger partial charge in [-0.05, 0) is 18.4 Å². The molecular weight excluding hydrogens is 198 g/mol. The second-order valence-corrected chi connectivity index (χ2v) is 3.88. The van der Waals surface area contributed by atoms with Gasteiger partial charge in [-0.2, -0.15) is 0 Å². The molecule has 0 fully saturated rings. The summed E-state index contributed by atoms with van der Waals surface area (Å²) in [5, 5.41) is 9.83. The summed E-state index contributed by atoms with van der Waals surface area (Å²) in [5.41, 5.74) is 0.178. The first-order valence-corrected chi connectivity index (χ1v) is 5.19. The van der Waals surface area contributed by atoms with Crippen molar-refractivity contribution in [1.29, 1.82) is 0 Å². The van der Waals surface area contributed by atoms with Crippen LogP contribution < -0.4 is 0 Å². The van der Waals surface area contributed by atoms with E-state index in [0.717, 1.165) is 18.9 Å². The summed E-state index contributed by atoms with van der Waals surface area (Å²) in [4.78, 5) is 0. The van der Waals surface area contributed by atoms with Crippen molar-refractivity contribution in [3.63, 3.8) is 0 Å². The first-order chi connectivity index (χ1) is 7.06. The van der Waals surface area contributed by atoms with Gasteiger partial charge in [0.05, 0.1) is 6.10 Å². The summed E-state index contributed by atoms with van der Waals surface area (Å²) >= 11 is 0. The van der Waals surface area contributed by atoms with Crippen LogP contribution in [-0.4, -0.2) is 5.11 Å². The number of aliphatic hydroxyl groups is 1. The highest BCUT2D eigenvalue weighted by atomic mass is 19.1. The van der Waals surface area contributed by atoms with Crippen LogP contribution >= 0.6 is 0 Å². The van der Waals surface area contributed by atoms with Crippen LogP contribution in [0.4, 0.5) is 8.78 Å². The molecule has 0 aliphatic heterocycles. The van der Waals surface area contributed by atoms with Gasteiger partial charge in [0, 0.05) is 11.6 Å². The van der Waals surface area contributed by atoms with Gasteiger partial charge in [-0.3, -0.25) is 0 Å². The quantitative estimate of drug-likeness (QED) is 0.814. The van der Waals surface area contributed by atoms with Crippen LogP contribution in [0, 0.1) is 17.6 Å². The topological polar surface area (TPSA) is 20.2 Å². The predicted molar refractivity (Wildman–Crippen MR) is 55.4 cm³/mol. The van der Waals surface area contributed by atoms with E-state index in [-0.39, 0.29) is 11.5 Å². The van der Waals surface area contributed by atoms with Crippen LogP contribution in [0.2, 0.25) is 0 Å². The van der Waals surface area contributed by atoms with E-state index in [4.69, 9.17) is 0 Å². The average molecular weight is 214 g/mol. The average Bonchev–Trinajstić information content (AvgIpc) is 2.17. The van der Waals surface area contributed by atoms with Crippen molar-refractivity contribution in [3.8, 4) is 0 Å². The Bertz CT molecular complexity index is 325. The third kappa shape index (κ3) is 2.99. The van der Waals surface area contributed by atoms with E-state index in [0.29, 0.717) is 0 Å². The normalized spacial score (nSPS) is 15.0. The molecule has 0 saturated heterocycles. The molecule has 0 amide bonds. The zero-order chi connectivity index (χ0) is 11.4. The highest BCUT2D eigenvalue weighted by Gasteiger charge is 2.19. The first kappa shape index (κ1) is 12.1. The second-order valence-electron chi connectivity index (χ2n) is 3.88. The molecule has 0 bridgehead atoms. The first-order valence-electron chi connectivity index (χ1n) is 5.19. The highest BCUT2D eigenvalue weighted by molar-refractivity contribution is 5.21. The minimum atomic E-state index is -0.856. The van der Waals surface area contributed by atoms with Gasteiger partial charge in [-0.1, -0.05) is 26.3 Å². The Balaban J connectivity index is 2.86. The Hall–Kier alpha value is -0.960. The summed E-state index contributed by atoms with van der Waals surface area (Å²) in [7, 11) is 0. The SMILES string of the molecule is CCCC(C)C(O)c1ccc(F)cc1F. The lowest BCUT2D eigenvalue weighted by Gasteiger charge is -2.18. The van der Waals surface area contributed by atoms with E-state index in [2.05, 4.69) is 0 Å². The van der Waals surface area contributed by atoms with Gasteiger partial charge in [0.25, 0.3) is 0 Å². The Kier molecular flexibility index (Phi) is 4.21. The zero-order valence-electron chi connectivity index (χ0n) is 9.00. The van der Waals surface area contributed by atoms with Crippen molar-refractivity contribution in [2.75, 3.05) is 0 Å². The molecule has 2 unspecified atom stereocenters. The molecule has 1 rings (SSSR count). The van der Waals surface area contributed by atoms with Crippen LogP contribution in [0.1, 0.15) is 38.4 Å². The van der Waals surface area contributed by atoms with Gasteiger partial charge in [0.1, 0.15) is 11.6 Å². The van der Waals surface area contributed by atoms with Gasteiger partial charge in [-0.15, -0.1) is 0 Å². The maximum atomic E-state index is 13.3. The van der Waals surface area contributed by atoms with Gasteiger partial charge in [0.15, 0.2) is 0 Å². The maximum Gasteiger partial charge on any atom is 0.131 e. The molecule has 3 heteroatoms. The molecular formula is C12H16F2O. The molecule has 15 heavy (non-hydrogen) atoms. The van der Waals surface area contributed by atoms with Gasteiger partial charge in [0.2, 0.25) is 0 Å². The van der Waals surface area contributed by atoms with Crippen molar-refractivity contribution in [1.82, 2.24) is 0 Å². The van der Waals surface area contributed by atoms with Crippen molar-refractivity contribution in [3.05, 3.63) is 35.4 Å². The number of benzene rings is 1. The molecule has 0 aliphatic rings. The van der Waals surface area contributed by atoms with Crippen LogP contribution in [0.25, 0.3) is 0 Å². The Morgan fingerprint density at radius 3 is 2.53 bits per heavy atom. The maximum absolute atomic E-state index is 13.3. The Morgan fingerprint density at radius 2 is 2.00 bits per heavy atom. The third-order valence-corrected chi connectivity index (χ3v) is 2.56. The van der Waals surface area contributed by atoms with E-state index < -0.39 is 17.7 Å². The van der Waals surface area contributed by atoms with E-state index in [1.165, 1.54) is 12.1 Å². The Labute approximate surface area is 88.7 Å². The summed E-state index contributed by atoms with van der Waals surface area (Å²) < 4.78 is 25.9. The molecule has 0 aliphatic carbocycles. The van der Waals surface area contributed by atoms with E-state index in [1.807, 2.05) is 13.8 Å². The van der Waals surface area contributed by atoms with Crippen LogP contribution in [-0.2, 0) is 0 Å². The molecule has 2 atom stereocenters. The number of hydrogen-bond donors (Lipinski definition) is 1. The molecule has 84 valence electrons. The fourth-order valence-electron chi connectivity index (χ4n) is 1.66. The smallest absolute Gasteiger partial charge is 0.131 e. The van der Waals surface area contributed by atoms with Crippen LogP contribution in [0.15, 0.2) is 18.2 Å². The molecule has 0 radical (unpaired) electrons. The molecule has 0 spiro atoms. The molecule has 0 aromatic heterocycles. The molecule has 1 aromatic carbocycles. The third-order valence-electron chi connectivity index (χ3n) is 2.56. The van der Waals surface area contributed by atoms with E-state index >= 15 is 0 Å². The van der Waals surface area contributed by atoms with Gasteiger partial charge in [-0.25, -0.2) is 8.78 Å². The number of halogens is 2. The van der Waals surface area contributed by atoms with Gasteiger partial charge < -0.3 is 5.11 Å². The minimum absolute atomic E-state index is 0.0186. The summed E-state index contributed by atoms with van der Waals surface area (Å²) in [6.07, 6.45) is 0.893. The fourth-order valence-corrected chi connectivity index (χ4v) is 1.66. The lowest BCUT2D eigenvalue weighted by Crippen LogP contribution is -2.10. The van der Waals surface area contributed by atoms with E-state index in [1.54, 1.807) is 0 Å². The summed E-state index contributed by atoms with van der Waals surface area (Å²) in [5.74, 6) is -1.31. The lowest BCUT2D eigenvalue weighted by molar-refractivity contribution is 0.108. The van der Waals surface area contributed by atoms with Gasteiger partial charge >= 0.3 is 0 Å². The minimum Gasteiger partial charge on any atom is -0.388 e. The second kappa shape index (κ2) is 5.21. The molecule has 0 heterocycles. The predicted octanol–water partition coefficient (Wildman–Crippen LogP) is 3.43. The number of aliphatic hydroxyl groups excluding tert-OH is 1. The molecule has 1 N–H and O–H groups in total. The number of hydrogen-bond acceptors (Lipinski definition) is 1. The fraction of sp³-hybridized carbons (Fsp3) is 0.500. The summed E-state index contributed by atoms with van der Waals surface area (Å²) in [6.45, 7) is 3.86. The van der Waals surface area contributed by atoms with E-state index in [9.17, 15) is 13.9 Å². The lowest BCUT2D eigenvalue weighted by atomic mass is 9.93. The largest absolute Gasteiger partial charge is 0.388 e. The van der Waals surface area contributed by atoms with Crippen molar-refractivity contribution in [2.45, 2.75) is 32.8 Å². The van der Waals surface area contributed by atoms with Crippen LogP contribution in [0.3, 0.4) is 0 Å². The highest BCUT2D eigenvalue weighted by Crippen LogP contribution is 2.27. The number of rotatable bonds is 4. The van der Waals surface area contributed by atoms with Crippen LogP contribution in [0.5, 0.6) is 0 Å².